The summed E-state index contributed by atoms with van der Waals surface area (Å²) in [6.07, 6.45) is 3.54. The Bertz CT molecular complexity index is 1130. The number of hydrogen-bond acceptors (Lipinski definition) is 8. The number of cyclic esters (lactones) is 1. The zero-order valence-electron chi connectivity index (χ0n) is 21.5. The molecule has 0 amide bonds. The Morgan fingerprint density at radius 3 is 2.59 bits per heavy atom. The molecule has 1 aromatic heterocycles. The third kappa shape index (κ3) is 4.50. The first-order chi connectivity index (χ1) is 17.8. The van der Waals surface area contributed by atoms with Crippen LogP contribution in [-0.4, -0.2) is 37.7 Å². The number of fused-ring (bicyclic) bond motifs is 3. The number of carbonyl (C=O) groups is 3. The second kappa shape index (κ2) is 10.1. The first-order valence-electron chi connectivity index (χ1n) is 12.9. The van der Waals surface area contributed by atoms with Crippen molar-refractivity contribution in [2.24, 2.45) is 28.6 Å². The molecular formula is C29H34O8. The Hall–Kier alpha value is -2.97. The van der Waals surface area contributed by atoms with E-state index in [4.69, 9.17) is 23.4 Å². The van der Waals surface area contributed by atoms with Crippen molar-refractivity contribution in [3.8, 4) is 0 Å². The monoisotopic (exact) mass is 510 g/mol. The van der Waals surface area contributed by atoms with Crippen LogP contribution >= 0.6 is 0 Å². The van der Waals surface area contributed by atoms with Gasteiger partial charge in [0.05, 0.1) is 38.1 Å². The third-order valence-corrected chi connectivity index (χ3v) is 8.97. The van der Waals surface area contributed by atoms with Crippen molar-refractivity contribution < 1.29 is 37.7 Å². The minimum Gasteiger partial charge on any atom is -0.472 e. The molecule has 2 saturated carbocycles. The van der Waals surface area contributed by atoms with Gasteiger partial charge in [0.2, 0.25) is 0 Å². The van der Waals surface area contributed by atoms with Gasteiger partial charge in [-0.05, 0) is 48.1 Å². The number of carbonyl (C=O) groups excluding carboxylic acids is 3. The standard InChI is InChI=1S/C29H34O8/c1-28-11-9-20-27(32)37-23(19-10-12-34-16-19)14-29(20,2)25(28)24(30)22(13-21(28)26(31)33-3)36-17-35-15-18-7-5-4-6-8-18/h4-8,10,12,16,20-23,25H,9,11,13-15,17H2,1-3H3. The molecule has 3 fully saturated rings. The van der Waals surface area contributed by atoms with Gasteiger partial charge in [-0.15, -0.1) is 0 Å². The van der Waals surface area contributed by atoms with Gasteiger partial charge < -0.3 is 23.4 Å². The molecule has 37 heavy (non-hydrogen) atoms. The molecule has 0 bridgehead atoms. The SMILES string of the molecule is COC(=O)C1CC(OCOCc2ccccc2)C(=O)C2C1(C)CCC1C(=O)OC(c3ccoc3)CC12C. The number of methoxy groups -OCH3 is 1. The van der Waals surface area contributed by atoms with Crippen LogP contribution in [0.4, 0.5) is 0 Å². The molecule has 1 aromatic carbocycles. The highest BCUT2D eigenvalue weighted by Gasteiger charge is 2.67. The normalized spacial score (nSPS) is 35.3. The number of ether oxygens (including phenoxy) is 4. The summed E-state index contributed by atoms with van der Waals surface area (Å²) in [6.45, 7) is 4.26. The van der Waals surface area contributed by atoms with Crippen LogP contribution in [0.25, 0.3) is 0 Å². The molecule has 2 aliphatic carbocycles. The van der Waals surface area contributed by atoms with Crippen LogP contribution in [0.2, 0.25) is 0 Å². The molecule has 2 aromatic rings. The molecule has 1 saturated heterocycles. The van der Waals surface area contributed by atoms with Gasteiger partial charge in [0.1, 0.15) is 19.0 Å². The first kappa shape index (κ1) is 25.7. The van der Waals surface area contributed by atoms with Gasteiger partial charge >= 0.3 is 11.9 Å². The molecule has 8 heteroatoms. The molecule has 1 aliphatic heterocycles. The number of hydrogen-bond donors (Lipinski definition) is 0. The molecular weight excluding hydrogens is 476 g/mol. The van der Waals surface area contributed by atoms with E-state index in [1.165, 1.54) is 7.11 Å². The largest absolute Gasteiger partial charge is 0.472 e. The molecule has 2 heterocycles. The zero-order chi connectivity index (χ0) is 26.2. The van der Waals surface area contributed by atoms with Gasteiger partial charge in [0, 0.05) is 11.5 Å². The fourth-order valence-corrected chi connectivity index (χ4v) is 7.17. The van der Waals surface area contributed by atoms with E-state index in [1.54, 1.807) is 18.6 Å². The lowest BCUT2D eigenvalue weighted by molar-refractivity contribution is -0.214. The molecule has 198 valence electrons. The summed E-state index contributed by atoms with van der Waals surface area (Å²) in [5.41, 5.74) is 0.365. The smallest absolute Gasteiger partial charge is 0.310 e. The van der Waals surface area contributed by atoms with Crippen LogP contribution < -0.4 is 0 Å². The van der Waals surface area contributed by atoms with Gasteiger partial charge in [0.25, 0.3) is 0 Å². The first-order valence-corrected chi connectivity index (χ1v) is 12.9. The molecule has 0 radical (unpaired) electrons. The predicted molar refractivity (Wildman–Crippen MR) is 131 cm³/mol. The maximum Gasteiger partial charge on any atom is 0.310 e. The Morgan fingerprint density at radius 2 is 1.89 bits per heavy atom. The van der Waals surface area contributed by atoms with Crippen LogP contribution in [0, 0.1) is 28.6 Å². The second-order valence-electron chi connectivity index (χ2n) is 11.0. The minimum atomic E-state index is -0.834. The fraction of sp³-hybridized carbons (Fsp3) is 0.552. The van der Waals surface area contributed by atoms with Crippen LogP contribution in [-0.2, 0) is 39.9 Å². The van der Waals surface area contributed by atoms with E-state index in [2.05, 4.69) is 0 Å². The summed E-state index contributed by atoms with van der Waals surface area (Å²) in [5.74, 6) is -2.31. The Morgan fingerprint density at radius 1 is 1.11 bits per heavy atom. The Balaban J connectivity index is 1.42. The highest BCUT2D eigenvalue weighted by molar-refractivity contribution is 5.92. The number of ketones is 1. The zero-order valence-corrected chi connectivity index (χ0v) is 21.5. The summed E-state index contributed by atoms with van der Waals surface area (Å²) in [6, 6.07) is 11.5. The van der Waals surface area contributed by atoms with Gasteiger partial charge in [-0.2, -0.15) is 0 Å². The molecule has 0 spiro atoms. The number of Topliss-reactive ketones (excluding diaryl/α,β-unsaturated/α-hetero) is 1. The lowest BCUT2D eigenvalue weighted by Gasteiger charge is -2.61. The fourth-order valence-electron chi connectivity index (χ4n) is 7.17. The maximum atomic E-state index is 14.1. The molecule has 0 N–H and O–H groups in total. The van der Waals surface area contributed by atoms with E-state index in [-0.39, 0.29) is 30.9 Å². The van der Waals surface area contributed by atoms with E-state index in [9.17, 15) is 14.4 Å². The summed E-state index contributed by atoms with van der Waals surface area (Å²) < 4.78 is 27.9. The summed E-state index contributed by atoms with van der Waals surface area (Å²) >= 11 is 0. The summed E-state index contributed by atoms with van der Waals surface area (Å²) in [7, 11) is 1.37. The van der Waals surface area contributed by atoms with Crippen molar-refractivity contribution in [2.45, 2.75) is 58.3 Å². The number of esters is 2. The van der Waals surface area contributed by atoms with E-state index >= 15 is 0 Å². The molecule has 3 aliphatic rings. The third-order valence-electron chi connectivity index (χ3n) is 8.97. The quantitative estimate of drug-likeness (QED) is 0.302. The second-order valence-corrected chi connectivity index (χ2v) is 11.0. The van der Waals surface area contributed by atoms with Crippen molar-refractivity contribution in [2.75, 3.05) is 13.9 Å². The van der Waals surface area contributed by atoms with Gasteiger partial charge in [-0.25, -0.2) is 0 Å². The predicted octanol–water partition coefficient (Wildman–Crippen LogP) is 4.63. The van der Waals surface area contributed by atoms with Crippen molar-refractivity contribution >= 4 is 17.7 Å². The summed E-state index contributed by atoms with van der Waals surface area (Å²) in [5, 5.41) is 0. The average molecular weight is 511 g/mol. The average Bonchev–Trinajstić information content (AvgIpc) is 3.42. The number of rotatable bonds is 7. The maximum absolute atomic E-state index is 14.1. The van der Waals surface area contributed by atoms with E-state index in [1.807, 2.05) is 44.2 Å². The number of benzene rings is 1. The van der Waals surface area contributed by atoms with Crippen molar-refractivity contribution in [3.63, 3.8) is 0 Å². The topological polar surface area (TPSA) is 101 Å². The molecule has 8 nitrogen and oxygen atoms in total. The molecule has 5 rings (SSSR count). The Kier molecular flexibility index (Phi) is 6.98. The van der Waals surface area contributed by atoms with E-state index in [0.717, 1.165) is 11.1 Å². The van der Waals surface area contributed by atoms with E-state index < -0.39 is 40.8 Å². The lowest BCUT2D eigenvalue weighted by Crippen LogP contribution is -2.64. The highest BCUT2D eigenvalue weighted by Crippen LogP contribution is 2.65. The summed E-state index contributed by atoms with van der Waals surface area (Å²) in [4.78, 5) is 40.4. The van der Waals surface area contributed by atoms with Crippen LogP contribution in [0.1, 0.15) is 56.8 Å². The molecule has 7 atom stereocenters. The van der Waals surface area contributed by atoms with Crippen molar-refractivity contribution in [1.82, 2.24) is 0 Å². The highest BCUT2D eigenvalue weighted by atomic mass is 16.7. The lowest BCUT2D eigenvalue weighted by atomic mass is 9.43. The van der Waals surface area contributed by atoms with E-state index in [0.29, 0.717) is 25.9 Å². The number of furan rings is 1. The molecule has 7 unspecified atom stereocenters. The Labute approximate surface area is 216 Å². The van der Waals surface area contributed by atoms with Crippen LogP contribution in [0.5, 0.6) is 0 Å². The van der Waals surface area contributed by atoms with Crippen molar-refractivity contribution in [3.05, 3.63) is 60.1 Å². The van der Waals surface area contributed by atoms with Crippen LogP contribution in [0.3, 0.4) is 0 Å². The minimum absolute atomic E-state index is 0.0809. The van der Waals surface area contributed by atoms with Gasteiger partial charge in [0.15, 0.2) is 5.78 Å². The van der Waals surface area contributed by atoms with Crippen LogP contribution in [0.15, 0.2) is 53.3 Å². The van der Waals surface area contributed by atoms with Gasteiger partial charge in [-0.1, -0.05) is 44.2 Å². The van der Waals surface area contributed by atoms with Crippen molar-refractivity contribution in [1.29, 1.82) is 0 Å². The van der Waals surface area contributed by atoms with Gasteiger partial charge in [-0.3, -0.25) is 14.4 Å².